The molecule has 0 spiro atoms. The summed E-state index contributed by atoms with van der Waals surface area (Å²) in [4.78, 5) is 28.3. The SMILES string of the molecule is CC(=O)Nc1sc2cnccc2c1C(=O)c1ccc(Cl)cc1. The van der Waals surface area contributed by atoms with E-state index in [9.17, 15) is 9.59 Å². The monoisotopic (exact) mass is 330 g/mol. The Balaban J connectivity index is 2.17. The summed E-state index contributed by atoms with van der Waals surface area (Å²) in [5.41, 5.74) is 1.01. The molecule has 0 fully saturated rings. The first kappa shape index (κ1) is 14.7. The third-order valence-corrected chi connectivity index (χ3v) is 4.42. The molecule has 2 heterocycles. The number of pyridine rings is 1. The molecule has 1 aromatic carbocycles. The third kappa shape index (κ3) is 2.73. The minimum absolute atomic E-state index is 0.155. The number of carbonyl (C=O) groups excluding carboxylic acids is 2. The van der Waals surface area contributed by atoms with Crippen LogP contribution in [0.3, 0.4) is 0 Å². The number of ketones is 1. The van der Waals surface area contributed by atoms with E-state index in [-0.39, 0.29) is 11.7 Å². The fourth-order valence-electron chi connectivity index (χ4n) is 2.17. The number of benzene rings is 1. The third-order valence-electron chi connectivity index (χ3n) is 3.12. The molecule has 0 unspecified atom stereocenters. The molecule has 0 saturated heterocycles. The lowest BCUT2D eigenvalue weighted by Gasteiger charge is -2.05. The molecule has 1 N–H and O–H groups in total. The van der Waals surface area contributed by atoms with Crippen LogP contribution in [0.5, 0.6) is 0 Å². The van der Waals surface area contributed by atoms with Gasteiger partial charge in [-0.2, -0.15) is 0 Å². The summed E-state index contributed by atoms with van der Waals surface area (Å²) in [6.07, 6.45) is 3.31. The zero-order chi connectivity index (χ0) is 15.7. The summed E-state index contributed by atoms with van der Waals surface area (Å²) in [7, 11) is 0. The summed E-state index contributed by atoms with van der Waals surface area (Å²) in [5, 5.41) is 4.62. The van der Waals surface area contributed by atoms with Crippen LogP contribution in [0.15, 0.2) is 42.7 Å². The Morgan fingerprint density at radius 2 is 1.91 bits per heavy atom. The van der Waals surface area contributed by atoms with Crippen molar-refractivity contribution in [3.8, 4) is 0 Å². The Bertz CT molecular complexity index is 871. The Hall–Kier alpha value is -2.24. The second-order valence-corrected chi connectivity index (χ2v) is 6.18. The maximum atomic E-state index is 12.8. The van der Waals surface area contributed by atoms with Crippen LogP contribution in [0.1, 0.15) is 22.8 Å². The number of fused-ring (bicyclic) bond motifs is 1. The molecule has 0 aliphatic heterocycles. The Morgan fingerprint density at radius 1 is 1.18 bits per heavy atom. The quantitative estimate of drug-likeness (QED) is 0.734. The Kier molecular flexibility index (Phi) is 3.92. The molecule has 2 aromatic heterocycles. The summed E-state index contributed by atoms with van der Waals surface area (Å²) in [5.74, 6) is -0.373. The number of amides is 1. The van der Waals surface area contributed by atoms with Gasteiger partial charge in [-0.15, -0.1) is 11.3 Å². The molecule has 0 radical (unpaired) electrons. The smallest absolute Gasteiger partial charge is 0.221 e. The Labute approximate surface area is 135 Å². The molecule has 22 heavy (non-hydrogen) atoms. The van der Waals surface area contributed by atoms with E-state index in [0.717, 1.165) is 10.1 Å². The van der Waals surface area contributed by atoms with Gasteiger partial charge in [-0.25, -0.2) is 0 Å². The summed E-state index contributed by atoms with van der Waals surface area (Å²) in [6, 6.07) is 8.46. The van der Waals surface area contributed by atoms with E-state index in [1.807, 2.05) is 0 Å². The molecule has 3 aromatic rings. The van der Waals surface area contributed by atoms with Crippen molar-refractivity contribution in [2.45, 2.75) is 6.92 Å². The fraction of sp³-hybridized carbons (Fsp3) is 0.0625. The largest absolute Gasteiger partial charge is 0.317 e. The van der Waals surface area contributed by atoms with Crippen molar-refractivity contribution < 1.29 is 9.59 Å². The average Bonchev–Trinajstić information content (AvgIpc) is 2.84. The lowest BCUT2D eigenvalue weighted by atomic mass is 10.0. The highest BCUT2D eigenvalue weighted by atomic mass is 35.5. The zero-order valence-corrected chi connectivity index (χ0v) is 13.2. The van der Waals surface area contributed by atoms with Crippen LogP contribution in [-0.4, -0.2) is 16.7 Å². The van der Waals surface area contributed by atoms with E-state index in [1.54, 1.807) is 42.7 Å². The van der Waals surface area contributed by atoms with Crippen molar-refractivity contribution in [1.82, 2.24) is 4.98 Å². The van der Waals surface area contributed by atoms with Crippen LogP contribution in [0.4, 0.5) is 5.00 Å². The lowest BCUT2D eigenvalue weighted by Crippen LogP contribution is -2.09. The summed E-state index contributed by atoms with van der Waals surface area (Å²) in [6.45, 7) is 1.42. The Morgan fingerprint density at radius 3 is 2.59 bits per heavy atom. The second-order valence-electron chi connectivity index (χ2n) is 4.70. The number of carbonyl (C=O) groups is 2. The molecule has 0 bridgehead atoms. The highest BCUT2D eigenvalue weighted by Crippen LogP contribution is 2.36. The maximum Gasteiger partial charge on any atom is 0.221 e. The molecule has 6 heteroatoms. The minimum Gasteiger partial charge on any atom is -0.317 e. The minimum atomic E-state index is -0.218. The average molecular weight is 331 g/mol. The molecule has 110 valence electrons. The van der Waals surface area contributed by atoms with Crippen molar-refractivity contribution >= 4 is 49.7 Å². The lowest BCUT2D eigenvalue weighted by molar-refractivity contribution is -0.114. The first-order valence-corrected chi connectivity index (χ1v) is 7.70. The van der Waals surface area contributed by atoms with Crippen molar-refractivity contribution in [2.75, 3.05) is 5.32 Å². The normalized spacial score (nSPS) is 10.6. The van der Waals surface area contributed by atoms with E-state index < -0.39 is 0 Å². The molecule has 0 atom stereocenters. The van der Waals surface area contributed by atoms with E-state index in [0.29, 0.717) is 21.2 Å². The van der Waals surface area contributed by atoms with Gasteiger partial charge < -0.3 is 5.32 Å². The van der Waals surface area contributed by atoms with E-state index in [4.69, 9.17) is 11.6 Å². The van der Waals surface area contributed by atoms with Crippen LogP contribution >= 0.6 is 22.9 Å². The standard InChI is InChI=1S/C16H11ClN2O2S/c1-9(20)19-16-14(12-6-7-18-8-13(12)22-16)15(21)10-2-4-11(17)5-3-10/h2-8H,1H3,(H,19,20). The van der Waals surface area contributed by atoms with Crippen molar-refractivity contribution in [3.05, 3.63) is 58.9 Å². The van der Waals surface area contributed by atoms with E-state index >= 15 is 0 Å². The van der Waals surface area contributed by atoms with Gasteiger partial charge in [0.25, 0.3) is 0 Å². The van der Waals surface area contributed by atoms with E-state index in [1.165, 1.54) is 18.3 Å². The van der Waals surface area contributed by atoms with Gasteiger partial charge in [0.05, 0.1) is 10.3 Å². The predicted octanol–water partition coefficient (Wildman–Crippen LogP) is 4.14. The highest BCUT2D eigenvalue weighted by molar-refractivity contribution is 7.23. The number of anilines is 1. The number of rotatable bonds is 3. The highest BCUT2D eigenvalue weighted by Gasteiger charge is 2.21. The van der Waals surface area contributed by atoms with Gasteiger partial charge in [-0.3, -0.25) is 14.6 Å². The molecule has 0 saturated carbocycles. The van der Waals surface area contributed by atoms with Gasteiger partial charge >= 0.3 is 0 Å². The number of hydrogen-bond donors (Lipinski definition) is 1. The second kappa shape index (κ2) is 5.87. The topological polar surface area (TPSA) is 59.1 Å². The predicted molar refractivity (Wildman–Crippen MR) is 88.8 cm³/mol. The summed E-state index contributed by atoms with van der Waals surface area (Å²) >= 11 is 7.20. The molecule has 0 aliphatic rings. The zero-order valence-electron chi connectivity index (χ0n) is 11.6. The maximum absolute atomic E-state index is 12.8. The molecular weight excluding hydrogens is 320 g/mol. The number of nitrogens with one attached hydrogen (secondary N) is 1. The molecule has 4 nitrogen and oxygen atoms in total. The van der Waals surface area contributed by atoms with Crippen LogP contribution in [0.2, 0.25) is 5.02 Å². The fourth-order valence-corrected chi connectivity index (χ4v) is 3.41. The van der Waals surface area contributed by atoms with Crippen LogP contribution in [-0.2, 0) is 4.79 Å². The van der Waals surface area contributed by atoms with Crippen LogP contribution < -0.4 is 5.32 Å². The van der Waals surface area contributed by atoms with Gasteiger partial charge in [0.1, 0.15) is 5.00 Å². The van der Waals surface area contributed by atoms with Crippen LogP contribution in [0, 0.1) is 0 Å². The first-order chi connectivity index (χ1) is 10.6. The summed E-state index contributed by atoms with van der Waals surface area (Å²) < 4.78 is 0.851. The van der Waals surface area contributed by atoms with Crippen molar-refractivity contribution in [2.24, 2.45) is 0 Å². The van der Waals surface area contributed by atoms with Gasteiger partial charge in [-0.1, -0.05) is 11.6 Å². The van der Waals surface area contributed by atoms with Gasteiger partial charge in [-0.05, 0) is 30.3 Å². The van der Waals surface area contributed by atoms with Gasteiger partial charge in [0.2, 0.25) is 5.91 Å². The number of hydrogen-bond acceptors (Lipinski definition) is 4. The molecular formula is C16H11ClN2O2S. The number of thiophene rings is 1. The number of nitrogens with zero attached hydrogens (tertiary/aromatic N) is 1. The van der Waals surface area contributed by atoms with Gasteiger partial charge in [0.15, 0.2) is 5.78 Å². The molecule has 3 rings (SSSR count). The van der Waals surface area contributed by atoms with Crippen molar-refractivity contribution in [3.63, 3.8) is 0 Å². The first-order valence-electron chi connectivity index (χ1n) is 6.50. The number of halogens is 1. The van der Waals surface area contributed by atoms with Crippen LogP contribution in [0.25, 0.3) is 10.1 Å². The van der Waals surface area contributed by atoms with Gasteiger partial charge in [0, 0.05) is 35.3 Å². The number of aromatic nitrogens is 1. The molecule has 1 amide bonds. The van der Waals surface area contributed by atoms with Crippen molar-refractivity contribution in [1.29, 1.82) is 0 Å². The molecule has 0 aliphatic carbocycles. The van der Waals surface area contributed by atoms with E-state index in [2.05, 4.69) is 10.3 Å².